The summed E-state index contributed by atoms with van der Waals surface area (Å²) in [6.45, 7) is 6.08. The van der Waals surface area contributed by atoms with E-state index < -0.39 is 0 Å². The summed E-state index contributed by atoms with van der Waals surface area (Å²) >= 11 is 0. The molecule has 2 aromatic heterocycles. The van der Waals surface area contributed by atoms with Gasteiger partial charge in [0.25, 0.3) is 5.91 Å². The number of hydrogen-bond donors (Lipinski definition) is 1. The van der Waals surface area contributed by atoms with E-state index in [2.05, 4.69) is 27.1 Å². The molecule has 2 aromatic rings. The minimum atomic E-state index is -0.102. The number of morpholine rings is 1. The quantitative estimate of drug-likeness (QED) is 0.880. The van der Waals surface area contributed by atoms with Crippen LogP contribution in [0.5, 0.6) is 0 Å². The number of hydrogen-bond acceptors (Lipinski definition) is 5. The van der Waals surface area contributed by atoms with E-state index in [1.54, 1.807) is 29.4 Å². The van der Waals surface area contributed by atoms with Gasteiger partial charge in [0.1, 0.15) is 12.1 Å². The molecule has 23 heavy (non-hydrogen) atoms. The highest BCUT2D eigenvalue weighted by atomic mass is 16.5. The second-order valence-electron chi connectivity index (χ2n) is 5.58. The molecule has 0 spiro atoms. The van der Waals surface area contributed by atoms with Crippen LogP contribution in [-0.4, -0.2) is 64.2 Å². The van der Waals surface area contributed by atoms with Gasteiger partial charge >= 0.3 is 0 Å². The Morgan fingerprint density at radius 2 is 2.22 bits per heavy atom. The fourth-order valence-corrected chi connectivity index (χ4v) is 2.56. The molecule has 0 aromatic carbocycles. The molecular weight excluding hydrogens is 294 g/mol. The van der Waals surface area contributed by atoms with Crippen molar-refractivity contribution in [1.82, 2.24) is 24.8 Å². The first kappa shape index (κ1) is 15.6. The Morgan fingerprint density at radius 1 is 1.39 bits per heavy atom. The first-order valence-electron chi connectivity index (χ1n) is 7.78. The number of aromatic nitrogens is 3. The maximum absolute atomic E-state index is 12.2. The number of carbonyl (C=O) groups is 1. The highest BCUT2D eigenvalue weighted by Gasteiger charge is 2.17. The van der Waals surface area contributed by atoms with Crippen LogP contribution in [0.1, 0.15) is 17.3 Å². The van der Waals surface area contributed by atoms with Gasteiger partial charge in [0.15, 0.2) is 0 Å². The first-order chi connectivity index (χ1) is 11.2. The molecule has 3 heterocycles. The standard InChI is InChI=1S/C16H21N5O2/c1-13(20-6-8-23-9-7-20)10-19-16(22)14-2-3-15(18-11-14)21-5-4-17-12-21/h2-5,11-13H,6-10H2,1H3,(H,19,22). The van der Waals surface area contributed by atoms with Crippen molar-refractivity contribution in [3.63, 3.8) is 0 Å². The lowest BCUT2D eigenvalue weighted by atomic mass is 10.2. The summed E-state index contributed by atoms with van der Waals surface area (Å²) < 4.78 is 7.14. The summed E-state index contributed by atoms with van der Waals surface area (Å²) in [6.07, 6.45) is 6.76. The largest absolute Gasteiger partial charge is 0.379 e. The first-order valence-corrected chi connectivity index (χ1v) is 7.78. The predicted octanol–water partition coefficient (Wildman–Crippen LogP) is 0.718. The number of imidazole rings is 1. The van der Waals surface area contributed by atoms with Crippen LogP contribution in [0.3, 0.4) is 0 Å². The Kier molecular flexibility index (Phi) is 4.99. The molecule has 0 radical (unpaired) electrons. The molecule has 0 saturated carbocycles. The smallest absolute Gasteiger partial charge is 0.252 e. The zero-order valence-corrected chi connectivity index (χ0v) is 13.2. The fraction of sp³-hybridized carbons (Fsp3) is 0.438. The Bertz CT molecular complexity index is 620. The molecule has 3 rings (SSSR count). The van der Waals surface area contributed by atoms with Gasteiger partial charge in [-0.05, 0) is 19.1 Å². The molecule has 1 saturated heterocycles. The van der Waals surface area contributed by atoms with Crippen LogP contribution in [-0.2, 0) is 4.74 Å². The minimum Gasteiger partial charge on any atom is -0.379 e. The molecule has 0 aliphatic carbocycles. The molecule has 7 nitrogen and oxygen atoms in total. The molecule has 1 fully saturated rings. The van der Waals surface area contributed by atoms with Gasteiger partial charge in [0, 0.05) is 44.3 Å². The molecule has 1 aliphatic rings. The molecule has 1 amide bonds. The van der Waals surface area contributed by atoms with E-state index in [-0.39, 0.29) is 5.91 Å². The SMILES string of the molecule is CC(CNC(=O)c1ccc(-n2ccnc2)nc1)N1CCOCC1. The van der Waals surface area contributed by atoms with Crippen LogP contribution in [0.25, 0.3) is 5.82 Å². The fourth-order valence-electron chi connectivity index (χ4n) is 2.56. The maximum Gasteiger partial charge on any atom is 0.252 e. The topological polar surface area (TPSA) is 72.3 Å². The van der Waals surface area contributed by atoms with Gasteiger partial charge in [-0.1, -0.05) is 0 Å². The van der Waals surface area contributed by atoms with Gasteiger partial charge in [0.05, 0.1) is 18.8 Å². The summed E-state index contributed by atoms with van der Waals surface area (Å²) in [4.78, 5) is 22.8. The van der Waals surface area contributed by atoms with E-state index >= 15 is 0 Å². The van der Waals surface area contributed by atoms with E-state index in [1.807, 2.05) is 12.3 Å². The van der Waals surface area contributed by atoms with E-state index in [0.717, 1.165) is 32.1 Å². The summed E-state index contributed by atoms with van der Waals surface area (Å²) in [5.74, 6) is 0.635. The Balaban J connectivity index is 1.53. The molecule has 1 aliphatic heterocycles. The average molecular weight is 315 g/mol. The number of carbonyl (C=O) groups excluding carboxylic acids is 1. The summed E-state index contributed by atoms with van der Waals surface area (Å²) in [5.41, 5.74) is 0.558. The van der Waals surface area contributed by atoms with Gasteiger partial charge in [-0.3, -0.25) is 14.3 Å². The van der Waals surface area contributed by atoms with E-state index in [0.29, 0.717) is 18.2 Å². The molecule has 1 N–H and O–H groups in total. The number of amides is 1. The third-order valence-corrected chi connectivity index (χ3v) is 4.01. The Labute approximate surface area is 135 Å². The summed E-state index contributed by atoms with van der Waals surface area (Å²) in [7, 11) is 0. The van der Waals surface area contributed by atoms with Crippen LogP contribution < -0.4 is 5.32 Å². The van der Waals surface area contributed by atoms with Crippen molar-refractivity contribution in [3.05, 3.63) is 42.6 Å². The summed E-state index contributed by atoms with van der Waals surface area (Å²) in [5, 5.41) is 2.97. The lowest BCUT2D eigenvalue weighted by Gasteiger charge is -2.32. The molecular formula is C16H21N5O2. The molecule has 1 unspecified atom stereocenters. The normalized spacial score (nSPS) is 16.9. The van der Waals surface area contributed by atoms with Crippen LogP contribution in [0, 0.1) is 0 Å². The van der Waals surface area contributed by atoms with Crippen molar-refractivity contribution in [1.29, 1.82) is 0 Å². The second-order valence-corrected chi connectivity index (χ2v) is 5.58. The number of ether oxygens (including phenoxy) is 1. The Morgan fingerprint density at radius 3 is 2.87 bits per heavy atom. The van der Waals surface area contributed by atoms with Gasteiger partial charge in [-0.2, -0.15) is 0 Å². The number of pyridine rings is 1. The predicted molar refractivity (Wildman–Crippen MR) is 85.5 cm³/mol. The summed E-state index contributed by atoms with van der Waals surface area (Å²) in [6, 6.07) is 3.88. The highest BCUT2D eigenvalue weighted by Crippen LogP contribution is 2.06. The molecule has 1 atom stereocenters. The van der Waals surface area contributed by atoms with Gasteiger partial charge < -0.3 is 10.1 Å². The van der Waals surface area contributed by atoms with Crippen molar-refractivity contribution in [2.24, 2.45) is 0 Å². The van der Waals surface area contributed by atoms with Crippen LogP contribution in [0.4, 0.5) is 0 Å². The molecule has 0 bridgehead atoms. The molecule has 122 valence electrons. The maximum atomic E-state index is 12.2. The third-order valence-electron chi connectivity index (χ3n) is 4.01. The number of nitrogens with one attached hydrogen (secondary N) is 1. The zero-order chi connectivity index (χ0) is 16.1. The van der Waals surface area contributed by atoms with E-state index in [9.17, 15) is 4.79 Å². The average Bonchev–Trinajstić information content (AvgIpc) is 3.15. The molecule has 7 heteroatoms. The number of rotatable bonds is 5. The second kappa shape index (κ2) is 7.34. The van der Waals surface area contributed by atoms with Crippen LogP contribution in [0.2, 0.25) is 0 Å². The number of nitrogens with zero attached hydrogens (tertiary/aromatic N) is 4. The van der Waals surface area contributed by atoms with Gasteiger partial charge in [-0.15, -0.1) is 0 Å². The van der Waals surface area contributed by atoms with Crippen LogP contribution >= 0.6 is 0 Å². The zero-order valence-electron chi connectivity index (χ0n) is 13.2. The monoisotopic (exact) mass is 315 g/mol. The van der Waals surface area contributed by atoms with Crippen molar-refractivity contribution in [3.8, 4) is 5.82 Å². The lowest BCUT2D eigenvalue weighted by Crippen LogP contribution is -2.47. The van der Waals surface area contributed by atoms with E-state index in [1.165, 1.54) is 0 Å². The van der Waals surface area contributed by atoms with Gasteiger partial charge in [0.2, 0.25) is 0 Å². The van der Waals surface area contributed by atoms with E-state index in [4.69, 9.17) is 4.74 Å². The minimum absolute atomic E-state index is 0.102. The van der Waals surface area contributed by atoms with Crippen molar-refractivity contribution < 1.29 is 9.53 Å². The third kappa shape index (κ3) is 3.94. The van der Waals surface area contributed by atoms with Crippen LogP contribution in [0.15, 0.2) is 37.1 Å². The van der Waals surface area contributed by atoms with Gasteiger partial charge in [-0.25, -0.2) is 9.97 Å². The van der Waals surface area contributed by atoms with Crippen molar-refractivity contribution >= 4 is 5.91 Å². The van der Waals surface area contributed by atoms with Crippen molar-refractivity contribution in [2.75, 3.05) is 32.8 Å². The highest BCUT2D eigenvalue weighted by molar-refractivity contribution is 5.93. The Hall–Kier alpha value is -2.25. The lowest BCUT2D eigenvalue weighted by molar-refractivity contribution is 0.0204. The van der Waals surface area contributed by atoms with Crippen molar-refractivity contribution in [2.45, 2.75) is 13.0 Å².